The third-order valence-electron chi connectivity index (χ3n) is 2.06. The number of aromatic nitrogens is 1. The monoisotopic (exact) mass is 234 g/mol. The number of hydrogen-bond donors (Lipinski definition) is 1. The third kappa shape index (κ3) is 3.18. The van der Waals surface area contributed by atoms with Gasteiger partial charge >= 0.3 is 6.18 Å². The summed E-state index contributed by atoms with van der Waals surface area (Å²) in [6.07, 6.45) is -2.19. The Balaban J connectivity index is 2.94. The van der Waals surface area contributed by atoms with Crippen molar-refractivity contribution in [3.05, 3.63) is 29.6 Å². The maximum atomic E-state index is 12.6. The Bertz CT molecular complexity index is 341. The second-order valence-corrected chi connectivity index (χ2v) is 3.23. The summed E-state index contributed by atoms with van der Waals surface area (Å²) in [5, 5.41) is 0. The number of rotatable bonds is 4. The highest BCUT2D eigenvalue weighted by atomic mass is 19.4. The maximum absolute atomic E-state index is 12.6. The SMILES string of the molecule is CCOCC(N)c1cnccc1C(F)(F)F. The number of nitrogens with two attached hydrogens (primary N) is 1. The first-order valence-corrected chi connectivity index (χ1v) is 4.81. The maximum Gasteiger partial charge on any atom is 0.416 e. The lowest BCUT2D eigenvalue weighted by atomic mass is 10.0. The molecule has 1 unspecified atom stereocenters. The van der Waals surface area contributed by atoms with Crippen LogP contribution in [0.2, 0.25) is 0 Å². The van der Waals surface area contributed by atoms with Gasteiger partial charge in [-0.15, -0.1) is 0 Å². The highest BCUT2D eigenvalue weighted by Crippen LogP contribution is 2.33. The van der Waals surface area contributed by atoms with Crippen LogP contribution in [0.3, 0.4) is 0 Å². The van der Waals surface area contributed by atoms with E-state index in [-0.39, 0.29) is 12.2 Å². The van der Waals surface area contributed by atoms with E-state index in [2.05, 4.69) is 4.98 Å². The van der Waals surface area contributed by atoms with Crippen molar-refractivity contribution in [2.45, 2.75) is 19.1 Å². The molecule has 2 N–H and O–H groups in total. The summed E-state index contributed by atoms with van der Waals surface area (Å²) >= 11 is 0. The fourth-order valence-corrected chi connectivity index (χ4v) is 1.29. The molecule has 0 aliphatic carbocycles. The minimum atomic E-state index is -4.41. The molecule has 6 heteroatoms. The van der Waals surface area contributed by atoms with Gasteiger partial charge in [-0.2, -0.15) is 13.2 Å². The molecule has 1 heterocycles. The zero-order valence-corrected chi connectivity index (χ0v) is 8.79. The number of halogens is 3. The van der Waals surface area contributed by atoms with Crippen LogP contribution in [-0.2, 0) is 10.9 Å². The van der Waals surface area contributed by atoms with Gasteiger partial charge in [0.05, 0.1) is 18.2 Å². The van der Waals surface area contributed by atoms with Crippen LogP contribution >= 0.6 is 0 Å². The zero-order valence-electron chi connectivity index (χ0n) is 8.79. The minimum Gasteiger partial charge on any atom is -0.380 e. The van der Waals surface area contributed by atoms with Gasteiger partial charge in [0.25, 0.3) is 0 Å². The minimum absolute atomic E-state index is 0.0385. The Labute approximate surface area is 91.4 Å². The number of nitrogens with zero attached hydrogens (tertiary/aromatic N) is 1. The fraction of sp³-hybridized carbons (Fsp3) is 0.500. The first-order valence-electron chi connectivity index (χ1n) is 4.81. The van der Waals surface area contributed by atoms with Gasteiger partial charge in [-0.05, 0) is 13.0 Å². The molecule has 1 rings (SSSR count). The molecule has 1 aromatic rings. The van der Waals surface area contributed by atoms with Gasteiger partial charge in [-0.1, -0.05) is 0 Å². The molecule has 16 heavy (non-hydrogen) atoms. The number of alkyl halides is 3. The van der Waals surface area contributed by atoms with E-state index in [1.54, 1.807) is 6.92 Å². The Morgan fingerprint density at radius 3 is 2.75 bits per heavy atom. The molecule has 0 radical (unpaired) electrons. The Morgan fingerprint density at radius 2 is 2.19 bits per heavy atom. The molecular weight excluding hydrogens is 221 g/mol. The summed E-state index contributed by atoms with van der Waals surface area (Å²) in [6.45, 7) is 2.21. The van der Waals surface area contributed by atoms with Gasteiger partial charge in [-0.25, -0.2) is 0 Å². The van der Waals surface area contributed by atoms with E-state index in [9.17, 15) is 13.2 Å². The highest BCUT2D eigenvalue weighted by Gasteiger charge is 2.34. The molecular formula is C10H13F3N2O. The zero-order chi connectivity index (χ0) is 12.2. The summed E-state index contributed by atoms with van der Waals surface area (Å²) in [5.41, 5.74) is 4.82. The van der Waals surface area contributed by atoms with Crippen LogP contribution in [0.25, 0.3) is 0 Å². The van der Waals surface area contributed by atoms with Crippen molar-refractivity contribution in [2.24, 2.45) is 5.73 Å². The van der Waals surface area contributed by atoms with Crippen LogP contribution in [-0.4, -0.2) is 18.2 Å². The molecule has 0 saturated heterocycles. The number of pyridine rings is 1. The van der Waals surface area contributed by atoms with Crippen LogP contribution in [0.4, 0.5) is 13.2 Å². The van der Waals surface area contributed by atoms with Crippen LogP contribution in [0.15, 0.2) is 18.5 Å². The van der Waals surface area contributed by atoms with Gasteiger partial charge < -0.3 is 10.5 Å². The topological polar surface area (TPSA) is 48.1 Å². The van der Waals surface area contributed by atoms with Crippen molar-refractivity contribution < 1.29 is 17.9 Å². The summed E-state index contributed by atoms with van der Waals surface area (Å²) in [4.78, 5) is 3.65. The van der Waals surface area contributed by atoms with Crippen LogP contribution < -0.4 is 5.73 Å². The first kappa shape index (κ1) is 12.9. The smallest absolute Gasteiger partial charge is 0.380 e. The Morgan fingerprint density at radius 1 is 1.50 bits per heavy atom. The second-order valence-electron chi connectivity index (χ2n) is 3.23. The normalized spacial score (nSPS) is 13.8. The van der Waals surface area contributed by atoms with E-state index in [1.807, 2.05) is 0 Å². The average molecular weight is 234 g/mol. The first-order chi connectivity index (χ1) is 7.46. The van der Waals surface area contributed by atoms with E-state index in [0.29, 0.717) is 6.61 Å². The van der Waals surface area contributed by atoms with Gasteiger partial charge in [0.15, 0.2) is 0 Å². The molecule has 0 fully saturated rings. The lowest BCUT2D eigenvalue weighted by Gasteiger charge is -2.17. The largest absolute Gasteiger partial charge is 0.416 e. The van der Waals surface area contributed by atoms with E-state index >= 15 is 0 Å². The Kier molecular flexibility index (Phi) is 4.26. The van der Waals surface area contributed by atoms with Crippen molar-refractivity contribution in [2.75, 3.05) is 13.2 Å². The predicted octanol–water partition coefficient (Wildman–Crippen LogP) is 2.14. The molecule has 1 aromatic heterocycles. The van der Waals surface area contributed by atoms with E-state index < -0.39 is 17.8 Å². The summed E-state index contributed by atoms with van der Waals surface area (Å²) < 4.78 is 42.8. The Hall–Kier alpha value is -1.14. The lowest BCUT2D eigenvalue weighted by molar-refractivity contribution is -0.138. The predicted molar refractivity (Wildman–Crippen MR) is 52.7 cm³/mol. The molecule has 0 bridgehead atoms. The standard InChI is InChI=1S/C10H13F3N2O/c1-2-16-6-9(14)7-5-15-4-3-8(7)10(11,12)13/h3-5,9H,2,6,14H2,1H3. The summed E-state index contributed by atoms with van der Waals surface area (Å²) in [5.74, 6) is 0. The van der Waals surface area contributed by atoms with Crippen LogP contribution in [0.1, 0.15) is 24.1 Å². The molecule has 0 amide bonds. The van der Waals surface area contributed by atoms with E-state index in [1.165, 1.54) is 0 Å². The van der Waals surface area contributed by atoms with Crippen molar-refractivity contribution in [3.8, 4) is 0 Å². The molecule has 0 aromatic carbocycles. The van der Waals surface area contributed by atoms with Crippen molar-refractivity contribution >= 4 is 0 Å². The fourth-order valence-electron chi connectivity index (χ4n) is 1.29. The van der Waals surface area contributed by atoms with E-state index in [0.717, 1.165) is 18.5 Å². The highest BCUT2D eigenvalue weighted by molar-refractivity contribution is 5.29. The van der Waals surface area contributed by atoms with Gasteiger partial charge in [0, 0.05) is 24.6 Å². The summed E-state index contributed by atoms with van der Waals surface area (Å²) in [6, 6.07) is 0.103. The van der Waals surface area contributed by atoms with Crippen molar-refractivity contribution in [1.29, 1.82) is 0 Å². The van der Waals surface area contributed by atoms with Gasteiger partial charge in [0.1, 0.15) is 0 Å². The van der Waals surface area contributed by atoms with Crippen LogP contribution in [0, 0.1) is 0 Å². The molecule has 0 spiro atoms. The number of ether oxygens (including phenoxy) is 1. The van der Waals surface area contributed by atoms with Gasteiger partial charge in [0.2, 0.25) is 0 Å². The molecule has 0 aliphatic heterocycles. The lowest BCUT2D eigenvalue weighted by Crippen LogP contribution is -2.22. The quantitative estimate of drug-likeness (QED) is 0.868. The van der Waals surface area contributed by atoms with Crippen LogP contribution in [0.5, 0.6) is 0 Å². The molecule has 1 atom stereocenters. The van der Waals surface area contributed by atoms with Crippen molar-refractivity contribution in [3.63, 3.8) is 0 Å². The molecule has 3 nitrogen and oxygen atoms in total. The molecule has 0 aliphatic rings. The van der Waals surface area contributed by atoms with Gasteiger partial charge in [-0.3, -0.25) is 4.98 Å². The number of hydrogen-bond acceptors (Lipinski definition) is 3. The van der Waals surface area contributed by atoms with E-state index in [4.69, 9.17) is 10.5 Å². The summed E-state index contributed by atoms with van der Waals surface area (Å²) in [7, 11) is 0. The molecule has 0 saturated carbocycles. The molecule has 90 valence electrons. The third-order valence-corrected chi connectivity index (χ3v) is 2.06. The second kappa shape index (κ2) is 5.27. The van der Waals surface area contributed by atoms with Crippen molar-refractivity contribution in [1.82, 2.24) is 4.98 Å². The average Bonchev–Trinajstić information content (AvgIpc) is 2.24.